The van der Waals surface area contributed by atoms with Gasteiger partial charge in [-0.1, -0.05) is 0 Å². The number of benzene rings is 1. The number of aromatic carboxylic acids is 1. The maximum Gasteiger partial charge on any atom is 0.339 e. The molecule has 0 bridgehead atoms. The molecule has 0 aliphatic carbocycles. The third-order valence-corrected chi connectivity index (χ3v) is 2.35. The smallest absolute Gasteiger partial charge is 0.339 e. The summed E-state index contributed by atoms with van der Waals surface area (Å²) in [5.41, 5.74) is -0.168. The van der Waals surface area contributed by atoms with Gasteiger partial charge in [-0.25, -0.2) is 9.18 Å². The molecule has 0 fully saturated rings. The second kappa shape index (κ2) is 8.47. The number of hydrogen-bond donors (Lipinski definition) is 2. The summed E-state index contributed by atoms with van der Waals surface area (Å²) in [7, 11) is 1.53. The van der Waals surface area contributed by atoms with Crippen LogP contribution in [0.15, 0.2) is 18.2 Å². The number of methoxy groups -OCH3 is 1. The Morgan fingerprint density at radius 3 is 2.75 bits per heavy atom. The van der Waals surface area contributed by atoms with Crippen molar-refractivity contribution in [3.05, 3.63) is 29.6 Å². The lowest BCUT2D eigenvalue weighted by Gasteiger charge is -2.14. The van der Waals surface area contributed by atoms with E-state index in [1.165, 1.54) is 7.11 Å². The highest BCUT2D eigenvalue weighted by Gasteiger charge is 2.14. The molecule has 1 atom stereocenters. The number of carbonyl (C=O) groups is 1. The second-order valence-electron chi connectivity index (χ2n) is 3.98. The summed E-state index contributed by atoms with van der Waals surface area (Å²) >= 11 is 0. The molecule has 1 rings (SSSR count). The predicted molar refractivity (Wildman–Crippen MR) is 67.6 cm³/mol. The van der Waals surface area contributed by atoms with Crippen LogP contribution in [0.25, 0.3) is 0 Å². The summed E-state index contributed by atoms with van der Waals surface area (Å²) in [4.78, 5) is 10.9. The number of hydrogen-bond acceptors (Lipinski definition) is 5. The largest absolute Gasteiger partial charge is 0.490 e. The monoisotopic (exact) mass is 288 g/mol. The van der Waals surface area contributed by atoms with Crippen molar-refractivity contribution in [2.45, 2.75) is 6.10 Å². The highest BCUT2D eigenvalue weighted by Crippen LogP contribution is 2.20. The minimum Gasteiger partial charge on any atom is -0.490 e. The number of rotatable bonds is 9. The SMILES string of the molecule is COCCOCC(O)COc1cc(F)ccc1C(=O)O. The van der Waals surface area contributed by atoms with Crippen molar-refractivity contribution >= 4 is 5.97 Å². The number of carboxylic acid groups (broad SMARTS) is 1. The fraction of sp³-hybridized carbons (Fsp3) is 0.462. The lowest BCUT2D eigenvalue weighted by atomic mass is 10.2. The molecule has 0 spiro atoms. The quantitative estimate of drug-likeness (QED) is 0.657. The Hall–Kier alpha value is -1.70. The topological polar surface area (TPSA) is 85.2 Å². The summed E-state index contributed by atoms with van der Waals surface area (Å²) < 4.78 is 28.0. The van der Waals surface area contributed by atoms with E-state index in [2.05, 4.69) is 0 Å². The summed E-state index contributed by atoms with van der Waals surface area (Å²) in [5, 5.41) is 18.5. The zero-order chi connectivity index (χ0) is 15.0. The maximum absolute atomic E-state index is 13.0. The third kappa shape index (κ3) is 5.52. The molecule has 6 nitrogen and oxygen atoms in total. The number of carboxylic acids is 1. The first-order valence-electron chi connectivity index (χ1n) is 5.95. The summed E-state index contributed by atoms with van der Waals surface area (Å²) in [5.74, 6) is -1.98. The molecule has 0 heterocycles. The van der Waals surface area contributed by atoms with Gasteiger partial charge in [0.05, 0.1) is 19.8 Å². The average Bonchev–Trinajstić information content (AvgIpc) is 2.41. The van der Waals surface area contributed by atoms with Gasteiger partial charge in [0, 0.05) is 13.2 Å². The molecule has 0 saturated carbocycles. The average molecular weight is 288 g/mol. The predicted octanol–water partition coefficient (Wildman–Crippen LogP) is 0.927. The van der Waals surface area contributed by atoms with Crippen LogP contribution >= 0.6 is 0 Å². The molecular weight excluding hydrogens is 271 g/mol. The van der Waals surface area contributed by atoms with Crippen molar-refractivity contribution in [3.63, 3.8) is 0 Å². The Labute approximate surface area is 115 Å². The number of aliphatic hydroxyl groups is 1. The van der Waals surface area contributed by atoms with Crippen LogP contribution in [0.3, 0.4) is 0 Å². The molecule has 1 aromatic rings. The van der Waals surface area contributed by atoms with Gasteiger partial charge < -0.3 is 24.4 Å². The van der Waals surface area contributed by atoms with E-state index in [0.717, 1.165) is 18.2 Å². The molecule has 20 heavy (non-hydrogen) atoms. The second-order valence-corrected chi connectivity index (χ2v) is 3.98. The molecule has 1 aromatic carbocycles. The molecule has 1 unspecified atom stereocenters. The van der Waals surface area contributed by atoms with Gasteiger partial charge in [0.2, 0.25) is 0 Å². The normalized spacial score (nSPS) is 12.2. The van der Waals surface area contributed by atoms with E-state index in [1.54, 1.807) is 0 Å². The van der Waals surface area contributed by atoms with E-state index in [-0.39, 0.29) is 24.5 Å². The van der Waals surface area contributed by atoms with Crippen LogP contribution in [0, 0.1) is 5.82 Å². The molecule has 0 saturated heterocycles. The van der Waals surface area contributed by atoms with Crippen LogP contribution in [0.1, 0.15) is 10.4 Å². The standard InChI is InChI=1S/C13H17FO6/c1-18-4-5-19-7-10(15)8-20-12-6-9(14)2-3-11(12)13(16)17/h2-3,6,10,15H,4-5,7-8H2,1H3,(H,16,17). The van der Waals surface area contributed by atoms with Crippen molar-refractivity contribution in [1.29, 1.82) is 0 Å². The molecule has 0 aliphatic heterocycles. The minimum atomic E-state index is -1.23. The van der Waals surface area contributed by atoms with Gasteiger partial charge in [-0.2, -0.15) is 0 Å². The number of halogens is 1. The summed E-state index contributed by atoms with van der Waals surface area (Å²) in [6, 6.07) is 3.09. The van der Waals surface area contributed by atoms with Crippen LogP contribution < -0.4 is 4.74 Å². The molecular formula is C13H17FO6. The third-order valence-electron chi connectivity index (χ3n) is 2.35. The Morgan fingerprint density at radius 1 is 1.35 bits per heavy atom. The highest BCUT2D eigenvalue weighted by molar-refractivity contribution is 5.90. The van der Waals surface area contributed by atoms with Gasteiger partial charge in [-0.3, -0.25) is 0 Å². The first kappa shape index (κ1) is 16.4. The van der Waals surface area contributed by atoms with Crippen LogP contribution in [0.4, 0.5) is 4.39 Å². The van der Waals surface area contributed by atoms with Crippen molar-refractivity contribution in [1.82, 2.24) is 0 Å². The Kier molecular flexibility index (Phi) is 6.92. The van der Waals surface area contributed by atoms with Gasteiger partial charge in [0.15, 0.2) is 0 Å². The first-order chi connectivity index (χ1) is 9.54. The Bertz CT molecular complexity index is 437. The lowest BCUT2D eigenvalue weighted by Crippen LogP contribution is -2.24. The minimum absolute atomic E-state index is 0.0150. The molecule has 0 radical (unpaired) electrons. The zero-order valence-electron chi connectivity index (χ0n) is 11.0. The Morgan fingerprint density at radius 2 is 2.10 bits per heavy atom. The molecule has 0 amide bonds. The van der Waals surface area contributed by atoms with Crippen LogP contribution in [-0.4, -0.2) is 55.8 Å². The van der Waals surface area contributed by atoms with Gasteiger partial charge in [-0.05, 0) is 12.1 Å². The van der Waals surface area contributed by atoms with E-state index >= 15 is 0 Å². The van der Waals surface area contributed by atoms with E-state index < -0.39 is 17.9 Å². The molecule has 0 aromatic heterocycles. The van der Waals surface area contributed by atoms with E-state index in [0.29, 0.717) is 13.2 Å². The Balaban J connectivity index is 2.48. The molecule has 2 N–H and O–H groups in total. The van der Waals surface area contributed by atoms with Crippen molar-refractivity contribution in [3.8, 4) is 5.75 Å². The highest BCUT2D eigenvalue weighted by atomic mass is 19.1. The fourth-order valence-corrected chi connectivity index (χ4v) is 1.39. The first-order valence-corrected chi connectivity index (χ1v) is 5.95. The number of ether oxygens (including phenoxy) is 3. The summed E-state index contributed by atoms with van der Waals surface area (Å²) in [6.45, 7) is 0.548. The van der Waals surface area contributed by atoms with Crippen LogP contribution in [0.5, 0.6) is 5.75 Å². The van der Waals surface area contributed by atoms with Gasteiger partial charge in [-0.15, -0.1) is 0 Å². The molecule has 7 heteroatoms. The number of aliphatic hydroxyl groups excluding tert-OH is 1. The van der Waals surface area contributed by atoms with Gasteiger partial charge >= 0.3 is 5.97 Å². The molecule has 112 valence electrons. The van der Waals surface area contributed by atoms with Crippen molar-refractivity contribution in [2.75, 3.05) is 33.5 Å². The van der Waals surface area contributed by atoms with Crippen molar-refractivity contribution in [2.24, 2.45) is 0 Å². The van der Waals surface area contributed by atoms with Crippen molar-refractivity contribution < 1.29 is 33.6 Å². The summed E-state index contributed by atoms with van der Waals surface area (Å²) in [6.07, 6.45) is -0.947. The fourth-order valence-electron chi connectivity index (χ4n) is 1.39. The van der Waals surface area contributed by atoms with E-state index in [1.807, 2.05) is 0 Å². The van der Waals surface area contributed by atoms with Crippen LogP contribution in [0.2, 0.25) is 0 Å². The maximum atomic E-state index is 13.0. The van der Waals surface area contributed by atoms with Gasteiger partial charge in [0.25, 0.3) is 0 Å². The molecule has 0 aliphatic rings. The van der Waals surface area contributed by atoms with Crippen LogP contribution in [-0.2, 0) is 9.47 Å². The zero-order valence-corrected chi connectivity index (χ0v) is 11.0. The van der Waals surface area contributed by atoms with E-state index in [9.17, 15) is 14.3 Å². The lowest BCUT2D eigenvalue weighted by molar-refractivity contribution is -0.00442. The van der Waals surface area contributed by atoms with Gasteiger partial charge in [0.1, 0.15) is 29.8 Å². The van der Waals surface area contributed by atoms with E-state index in [4.69, 9.17) is 19.3 Å².